The number of aromatic amines is 1. The third-order valence-corrected chi connectivity index (χ3v) is 3.19. The first-order chi connectivity index (χ1) is 9.72. The van der Waals surface area contributed by atoms with Crippen molar-refractivity contribution in [3.63, 3.8) is 0 Å². The van der Waals surface area contributed by atoms with E-state index in [1.54, 1.807) is 12.3 Å². The summed E-state index contributed by atoms with van der Waals surface area (Å²) in [5.41, 5.74) is 0.647. The van der Waals surface area contributed by atoms with Gasteiger partial charge in [-0.1, -0.05) is 12.1 Å². The highest BCUT2D eigenvalue weighted by molar-refractivity contribution is 5.77. The third kappa shape index (κ3) is 2.62. The Hall–Kier alpha value is -2.40. The second-order valence-corrected chi connectivity index (χ2v) is 4.92. The zero-order valence-corrected chi connectivity index (χ0v) is 11.2. The maximum absolute atomic E-state index is 12.0. The van der Waals surface area contributed by atoms with Gasteiger partial charge in [-0.25, -0.2) is 4.98 Å². The van der Waals surface area contributed by atoms with Gasteiger partial charge in [0.05, 0.1) is 24.2 Å². The van der Waals surface area contributed by atoms with E-state index >= 15 is 0 Å². The van der Waals surface area contributed by atoms with Crippen molar-refractivity contribution in [3.05, 3.63) is 64.6 Å². The van der Waals surface area contributed by atoms with Crippen LogP contribution in [0.3, 0.4) is 0 Å². The first-order valence-electron chi connectivity index (χ1n) is 6.54. The quantitative estimate of drug-likeness (QED) is 0.734. The maximum atomic E-state index is 12.0. The molecule has 0 saturated heterocycles. The van der Waals surface area contributed by atoms with Gasteiger partial charge in [0, 0.05) is 0 Å². The topological polar surface area (TPSA) is 63.3 Å². The molecule has 0 amide bonds. The smallest absolute Gasteiger partial charge is 0.258 e. The number of rotatable bonds is 4. The lowest BCUT2D eigenvalue weighted by Crippen LogP contribution is -3.06. The Morgan fingerprint density at radius 3 is 2.85 bits per heavy atom. The van der Waals surface area contributed by atoms with E-state index in [0.29, 0.717) is 17.8 Å². The highest BCUT2D eigenvalue weighted by atomic mass is 16.3. The zero-order valence-electron chi connectivity index (χ0n) is 11.2. The van der Waals surface area contributed by atoms with Crippen LogP contribution in [0.2, 0.25) is 0 Å². The number of hydrogen-bond acceptors (Lipinski definition) is 3. The summed E-state index contributed by atoms with van der Waals surface area (Å²) in [7, 11) is 2.04. The summed E-state index contributed by atoms with van der Waals surface area (Å²) >= 11 is 0. The highest BCUT2D eigenvalue weighted by Crippen LogP contribution is 2.05. The molecule has 102 valence electrons. The molecule has 0 aliphatic heterocycles. The summed E-state index contributed by atoms with van der Waals surface area (Å²) in [5.74, 6) is 1.61. The SMILES string of the molecule is C[NH+](Cc1nc2ccccc2c(=O)[nH]1)Cc1ccco1. The van der Waals surface area contributed by atoms with Gasteiger partial charge in [-0.15, -0.1) is 0 Å². The van der Waals surface area contributed by atoms with Gasteiger partial charge in [0.1, 0.15) is 13.1 Å². The molecule has 0 spiro atoms. The number of nitrogens with one attached hydrogen (secondary N) is 2. The van der Waals surface area contributed by atoms with Gasteiger partial charge in [0.25, 0.3) is 5.56 Å². The Bertz CT molecular complexity index is 762. The van der Waals surface area contributed by atoms with Crippen molar-refractivity contribution in [1.29, 1.82) is 0 Å². The Morgan fingerprint density at radius 2 is 2.05 bits per heavy atom. The third-order valence-electron chi connectivity index (χ3n) is 3.19. The molecular formula is C15H16N3O2+. The molecule has 1 atom stereocenters. The van der Waals surface area contributed by atoms with Crippen molar-refractivity contribution in [2.24, 2.45) is 0 Å². The Kier molecular flexibility index (Phi) is 3.35. The van der Waals surface area contributed by atoms with E-state index in [1.807, 2.05) is 37.4 Å². The number of H-pyrrole nitrogens is 1. The van der Waals surface area contributed by atoms with Crippen molar-refractivity contribution in [2.45, 2.75) is 13.1 Å². The minimum absolute atomic E-state index is 0.0867. The van der Waals surface area contributed by atoms with E-state index in [-0.39, 0.29) is 5.56 Å². The number of aromatic nitrogens is 2. The standard InChI is InChI=1S/C15H15N3O2/c1-18(9-11-5-4-8-20-11)10-14-16-13-7-3-2-6-12(13)15(19)17-14/h2-8H,9-10H2,1H3,(H,16,17,19)/p+1. The molecule has 0 fully saturated rings. The van der Waals surface area contributed by atoms with Crippen LogP contribution in [0.15, 0.2) is 51.9 Å². The van der Waals surface area contributed by atoms with E-state index < -0.39 is 0 Å². The molecule has 0 saturated carbocycles. The number of nitrogens with zero attached hydrogens (tertiary/aromatic N) is 1. The fraction of sp³-hybridized carbons (Fsp3) is 0.200. The Balaban J connectivity index is 1.82. The molecule has 0 bridgehead atoms. The van der Waals surface area contributed by atoms with Crippen LogP contribution in [0.4, 0.5) is 0 Å². The van der Waals surface area contributed by atoms with E-state index in [1.165, 1.54) is 4.90 Å². The van der Waals surface area contributed by atoms with Gasteiger partial charge < -0.3 is 14.3 Å². The van der Waals surface area contributed by atoms with Gasteiger partial charge >= 0.3 is 0 Å². The van der Waals surface area contributed by atoms with Gasteiger partial charge in [0.2, 0.25) is 0 Å². The van der Waals surface area contributed by atoms with E-state index in [0.717, 1.165) is 17.8 Å². The molecule has 1 aromatic carbocycles. The molecule has 2 aromatic heterocycles. The highest BCUT2D eigenvalue weighted by Gasteiger charge is 2.10. The minimum atomic E-state index is -0.0867. The predicted molar refractivity (Wildman–Crippen MR) is 75.4 cm³/mol. The summed E-state index contributed by atoms with van der Waals surface area (Å²) in [6.45, 7) is 1.39. The number of fused-ring (bicyclic) bond motifs is 1. The molecule has 1 unspecified atom stereocenters. The lowest BCUT2D eigenvalue weighted by molar-refractivity contribution is -0.909. The second kappa shape index (κ2) is 5.30. The molecular weight excluding hydrogens is 254 g/mol. The predicted octanol–water partition coefficient (Wildman–Crippen LogP) is 0.731. The van der Waals surface area contributed by atoms with Gasteiger partial charge in [-0.3, -0.25) is 4.79 Å². The summed E-state index contributed by atoms with van der Waals surface area (Å²) in [6.07, 6.45) is 1.67. The van der Waals surface area contributed by atoms with Crippen molar-refractivity contribution in [3.8, 4) is 0 Å². The van der Waals surface area contributed by atoms with Gasteiger partial charge in [-0.05, 0) is 24.3 Å². The first-order valence-corrected chi connectivity index (χ1v) is 6.54. The van der Waals surface area contributed by atoms with E-state index in [4.69, 9.17) is 4.42 Å². The summed E-state index contributed by atoms with van der Waals surface area (Å²) in [5, 5.41) is 0.625. The van der Waals surface area contributed by atoms with Crippen molar-refractivity contribution >= 4 is 10.9 Å². The number of quaternary nitrogens is 1. The van der Waals surface area contributed by atoms with Crippen LogP contribution in [0.25, 0.3) is 10.9 Å². The summed E-state index contributed by atoms with van der Waals surface area (Å²) < 4.78 is 5.32. The molecule has 3 rings (SSSR count). The Morgan fingerprint density at radius 1 is 1.20 bits per heavy atom. The average Bonchev–Trinajstić information content (AvgIpc) is 2.91. The first kappa shape index (κ1) is 12.6. The fourth-order valence-corrected chi connectivity index (χ4v) is 2.28. The van der Waals surface area contributed by atoms with Crippen LogP contribution >= 0.6 is 0 Å². The van der Waals surface area contributed by atoms with E-state index in [2.05, 4.69) is 9.97 Å². The van der Waals surface area contributed by atoms with Gasteiger partial charge in [0.15, 0.2) is 11.6 Å². The van der Waals surface area contributed by atoms with Crippen molar-refractivity contribution in [1.82, 2.24) is 9.97 Å². The number of furan rings is 1. The number of para-hydroxylation sites is 1. The average molecular weight is 270 g/mol. The van der Waals surface area contributed by atoms with Gasteiger partial charge in [-0.2, -0.15) is 0 Å². The maximum Gasteiger partial charge on any atom is 0.258 e. The van der Waals surface area contributed by atoms with Crippen LogP contribution < -0.4 is 10.5 Å². The molecule has 20 heavy (non-hydrogen) atoms. The monoisotopic (exact) mass is 270 g/mol. The summed E-state index contributed by atoms with van der Waals surface area (Å²) in [6, 6.07) is 11.2. The van der Waals surface area contributed by atoms with Crippen LogP contribution in [0.5, 0.6) is 0 Å². The molecule has 0 aliphatic rings. The molecule has 5 heteroatoms. The number of hydrogen-bond donors (Lipinski definition) is 2. The van der Waals surface area contributed by atoms with Crippen LogP contribution in [-0.2, 0) is 13.1 Å². The van der Waals surface area contributed by atoms with Crippen LogP contribution in [0.1, 0.15) is 11.6 Å². The largest absolute Gasteiger partial charge is 0.463 e. The second-order valence-electron chi connectivity index (χ2n) is 4.92. The molecule has 2 N–H and O–H groups in total. The molecule has 0 aliphatic carbocycles. The molecule has 5 nitrogen and oxygen atoms in total. The fourth-order valence-electron chi connectivity index (χ4n) is 2.28. The van der Waals surface area contributed by atoms with E-state index in [9.17, 15) is 4.79 Å². The normalized spacial score (nSPS) is 12.7. The summed E-state index contributed by atoms with van der Waals surface area (Å²) in [4.78, 5) is 20.5. The van der Waals surface area contributed by atoms with Crippen molar-refractivity contribution < 1.29 is 9.32 Å². The van der Waals surface area contributed by atoms with Crippen molar-refractivity contribution in [2.75, 3.05) is 7.05 Å². The Labute approximate surface area is 115 Å². The molecule has 0 radical (unpaired) electrons. The minimum Gasteiger partial charge on any atom is -0.463 e. The molecule has 2 heterocycles. The molecule has 3 aromatic rings. The lowest BCUT2D eigenvalue weighted by atomic mass is 10.2. The van der Waals surface area contributed by atoms with Crippen LogP contribution in [0, 0.1) is 0 Å². The lowest BCUT2D eigenvalue weighted by Gasteiger charge is -2.12. The number of benzene rings is 1. The zero-order chi connectivity index (χ0) is 13.9. The van der Waals surface area contributed by atoms with Crippen LogP contribution in [-0.4, -0.2) is 17.0 Å².